The minimum absolute atomic E-state index is 0.0451. The van der Waals surface area contributed by atoms with Crippen LogP contribution in [0.5, 0.6) is 0 Å². The Balaban J connectivity index is 1.48. The number of hydrogen-bond acceptors (Lipinski definition) is 3. The summed E-state index contributed by atoms with van der Waals surface area (Å²) in [6.45, 7) is 0.432. The Bertz CT molecular complexity index is 790. The second-order valence-corrected chi connectivity index (χ2v) is 6.79. The first-order valence-corrected chi connectivity index (χ1v) is 8.66. The van der Waals surface area contributed by atoms with Gasteiger partial charge >= 0.3 is 0 Å². The van der Waals surface area contributed by atoms with E-state index in [4.69, 9.17) is 12.2 Å². The fourth-order valence-electron chi connectivity index (χ4n) is 3.49. The molecule has 1 amide bonds. The molecule has 0 unspecified atom stereocenters. The Morgan fingerprint density at radius 3 is 3.00 bits per heavy atom. The van der Waals surface area contributed by atoms with Gasteiger partial charge in [-0.25, -0.2) is 0 Å². The van der Waals surface area contributed by atoms with Crippen LogP contribution in [0.25, 0.3) is 0 Å². The Kier molecular flexibility index (Phi) is 3.77. The van der Waals surface area contributed by atoms with Gasteiger partial charge in [-0.15, -0.1) is 0 Å². The predicted molar refractivity (Wildman–Crippen MR) is 89.7 cm³/mol. The Labute approximate surface area is 140 Å². The zero-order valence-corrected chi connectivity index (χ0v) is 13.7. The lowest BCUT2D eigenvalue weighted by molar-refractivity contribution is -0.123. The fraction of sp³-hybridized carbons (Fsp3) is 0.471. The normalized spacial score (nSPS) is 20.1. The van der Waals surface area contributed by atoms with Gasteiger partial charge in [0, 0.05) is 6.04 Å². The highest BCUT2D eigenvalue weighted by atomic mass is 32.1. The number of aromatic nitrogens is 3. The number of carbonyl (C=O) groups is 1. The molecule has 0 radical (unpaired) electrons. The molecule has 1 atom stereocenters. The van der Waals surface area contributed by atoms with Crippen molar-refractivity contribution in [3.63, 3.8) is 0 Å². The van der Waals surface area contributed by atoms with Crippen LogP contribution in [0, 0.1) is 4.77 Å². The molecule has 1 aromatic heterocycles. The molecule has 23 heavy (non-hydrogen) atoms. The predicted octanol–water partition coefficient (Wildman–Crippen LogP) is 3.01. The van der Waals surface area contributed by atoms with E-state index in [-0.39, 0.29) is 11.8 Å². The van der Waals surface area contributed by atoms with Crippen LogP contribution in [-0.4, -0.2) is 20.7 Å². The van der Waals surface area contributed by atoms with E-state index in [2.05, 4.69) is 27.6 Å². The molecule has 2 aliphatic rings. The number of rotatable bonds is 4. The number of benzene rings is 1. The van der Waals surface area contributed by atoms with Crippen molar-refractivity contribution in [1.29, 1.82) is 0 Å². The van der Waals surface area contributed by atoms with Gasteiger partial charge in [-0.1, -0.05) is 24.3 Å². The minimum atomic E-state index is -0.0451. The lowest BCUT2D eigenvalue weighted by Gasteiger charge is -2.24. The summed E-state index contributed by atoms with van der Waals surface area (Å²) >= 11 is 5.28. The summed E-state index contributed by atoms with van der Waals surface area (Å²) in [6, 6.07) is 8.74. The zero-order chi connectivity index (χ0) is 15.8. The maximum atomic E-state index is 12.7. The third kappa shape index (κ3) is 2.83. The molecule has 1 heterocycles. The van der Waals surface area contributed by atoms with E-state index >= 15 is 0 Å². The van der Waals surface area contributed by atoms with Crippen LogP contribution in [0.4, 0.5) is 0 Å². The number of aryl methyl sites for hydroxylation is 1. The molecule has 6 heteroatoms. The van der Waals surface area contributed by atoms with Gasteiger partial charge in [0.15, 0.2) is 10.6 Å². The summed E-state index contributed by atoms with van der Waals surface area (Å²) in [5, 5.41) is 10.2. The number of amides is 1. The van der Waals surface area contributed by atoms with Gasteiger partial charge in [0.25, 0.3) is 0 Å². The smallest absolute Gasteiger partial charge is 0.227 e. The highest BCUT2D eigenvalue weighted by Gasteiger charge is 2.29. The standard InChI is InChI=1S/C17H20N4OS/c22-16(14-7-3-5-11-4-1-2-6-13(11)14)18-10-15-19-20-17(23)21(15)12-8-9-12/h1-2,4,6,12,14H,3,5,7-10H2,(H,18,22)(H,20,23)/t14-/m0/s1. The van der Waals surface area contributed by atoms with Gasteiger partial charge in [0.05, 0.1) is 12.5 Å². The Morgan fingerprint density at radius 2 is 2.17 bits per heavy atom. The Morgan fingerprint density at radius 1 is 1.35 bits per heavy atom. The van der Waals surface area contributed by atoms with Crippen molar-refractivity contribution in [3.05, 3.63) is 46.0 Å². The maximum Gasteiger partial charge on any atom is 0.227 e. The number of H-pyrrole nitrogens is 1. The summed E-state index contributed by atoms with van der Waals surface area (Å²) < 4.78 is 2.70. The first-order valence-electron chi connectivity index (χ1n) is 8.25. The second-order valence-electron chi connectivity index (χ2n) is 6.41. The van der Waals surface area contributed by atoms with Crippen molar-refractivity contribution in [2.45, 2.75) is 50.6 Å². The molecule has 2 N–H and O–H groups in total. The minimum Gasteiger partial charge on any atom is -0.348 e. The first-order chi connectivity index (χ1) is 11.2. The van der Waals surface area contributed by atoms with Crippen molar-refractivity contribution in [3.8, 4) is 0 Å². The third-order valence-electron chi connectivity index (χ3n) is 4.80. The fourth-order valence-corrected chi connectivity index (χ4v) is 3.79. The van der Waals surface area contributed by atoms with Crippen molar-refractivity contribution >= 4 is 18.1 Å². The number of nitrogens with zero attached hydrogens (tertiary/aromatic N) is 2. The van der Waals surface area contributed by atoms with E-state index < -0.39 is 0 Å². The molecular weight excluding hydrogens is 308 g/mol. The average molecular weight is 328 g/mol. The molecule has 0 aliphatic heterocycles. The van der Waals surface area contributed by atoms with Gasteiger partial charge < -0.3 is 5.32 Å². The molecule has 2 aromatic rings. The van der Waals surface area contributed by atoms with Crippen molar-refractivity contribution in [2.75, 3.05) is 0 Å². The molecule has 120 valence electrons. The van der Waals surface area contributed by atoms with Crippen LogP contribution in [0.2, 0.25) is 0 Å². The molecular formula is C17H20N4OS. The van der Waals surface area contributed by atoms with Crippen LogP contribution in [0.1, 0.15) is 54.6 Å². The number of aromatic amines is 1. The monoisotopic (exact) mass is 328 g/mol. The lowest BCUT2D eigenvalue weighted by Crippen LogP contribution is -2.31. The molecule has 0 spiro atoms. The topological polar surface area (TPSA) is 62.7 Å². The van der Waals surface area contributed by atoms with Crippen LogP contribution in [-0.2, 0) is 17.8 Å². The van der Waals surface area contributed by atoms with E-state index in [0.717, 1.165) is 37.9 Å². The molecule has 2 aliphatic carbocycles. The molecule has 4 rings (SSSR count). The summed E-state index contributed by atoms with van der Waals surface area (Å²) in [5.41, 5.74) is 2.48. The zero-order valence-electron chi connectivity index (χ0n) is 12.9. The largest absolute Gasteiger partial charge is 0.348 e. The summed E-state index contributed by atoms with van der Waals surface area (Å²) in [5.74, 6) is 0.875. The number of carbonyl (C=O) groups excluding carboxylic acids is 1. The van der Waals surface area contributed by atoms with E-state index in [1.54, 1.807) is 0 Å². The number of nitrogens with one attached hydrogen (secondary N) is 2. The van der Waals surface area contributed by atoms with Gasteiger partial charge in [0.1, 0.15) is 0 Å². The van der Waals surface area contributed by atoms with Crippen molar-refractivity contribution < 1.29 is 4.79 Å². The third-order valence-corrected chi connectivity index (χ3v) is 5.08. The van der Waals surface area contributed by atoms with Crippen LogP contribution < -0.4 is 5.32 Å². The van der Waals surface area contributed by atoms with Crippen molar-refractivity contribution in [1.82, 2.24) is 20.1 Å². The highest BCUT2D eigenvalue weighted by Crippen LogP contribution is 2.36. The number of fused-ring (bicyclic) bond motifs is 1. The van der Waals surface area contributed by atoms with Crippen LogP contribution in [0.3, 0.4) is 0 Å². The molecule has 0 saturated heterocycles. The summed E-state index contributed by atoms with van der Waals surface area (Å²) in [7, 11) is 0. The van der Waals surface area contributed by atoms with E-state index in [1.807, 2.05) is 16.7 Å². The first kappa shape index (κ1) is 14.6. The van der Waals surface area contributed by atoms with E-state index in [9.17, 15) is 4.79 Å². The quantitative estimate of drug-likeness (QED) is 0.848. The van der Waals surface area contributed by atoms with Gasteiger partial charge in [-0.05, 0) is 55.4 Å². The highest BCUT2D eigenvalue weighted by molar-refractivity contribution is 7.71. The molecule has 0 bridgehead atoms. The molecule has 5 nitrogen and oxygen atoms in total. The Hall–Kier alpha value is -1.95. The van der Waals surface area contributed by atoms with Crippen molar-refractivity contribution in [2.24, 2.45) is 0 Å². The SMILES string of the molecule is O=C(NCc1n[nH]c(=S)n1C1CC1)[C@H]1CCCc2ccccc21. The maximum absolute atomic E-state index is 12.7. The summed E-state index contributed by atoms with van der Waals surface area (Å²) in [6.07, 6.45) is 5.34. The van der Waals surface area contributed by atoms with Gasteiger partial charge in [0.2, 0.25) is 5.91 Å². The number of hydrogen-bond donors (Lipinski definition) is 2. The van der Waals surface area contributed by atoms with E-state index in [1.165, 1.54) is 11.1 Å². The molecule has 1 fully saturated rings. The molecule has 1 saturated carbocycles. The van der Waals surface area contributed by atoms with Crippen LogP contribution >= 0.6 is 12.2 Å². The average Bonchev–Trinajstić information content (AvgIpc) is 3.35. The summed E-state index contributed by atoms with van der Waals surface area (Å²) in [4.78, 5) is 12.7. The lowest BCUT2D eigenvalue weighted by atomic mass is 9.82. The van der Waals surface area contributed by atoms with E-state index in [0.29, 0.717) is 17.4 Å². The molecule has 1 aromatic carbocycles. The van der Waals surface area contributed by atoms with Gasteiger partial charge in [-0.2, -0.15) is 5.10 Å². The van der Waals surface area contributed by atoms with Crippen LogP contribution in [0.15, 0.2) is 24.3 Å². The second kappa shape index (κ2) is 5.92. The van der Waals surface area contributed by atoms with Gasteiger partial charge in [-0.3, -0.25) is 14.5 Å².